The highest BCUT2D eigenvalue weighted by Gasteiger charge is 2.08. The van der Waals surface area contributed by atoms with Gasteiger partial charge in [0.1, 0.15) is 12.7 Å². The summed E-state index contributed by atoms with van der Waals surface area (Å²) in [6.07, 6.45) is 1.93. The molecule has 6 heteroatoms. The molecule has 0 radical (unpaired) electrons. The molecule has 0 fully saturated rings. The summed E-state index contributed by atoms with van der Waals surface area (Å²) in [4.78, 5) is 11.0. The number of esters is 1. The van der Waals surface area contributed by atoms with Crippen LogP contribution in [0.1, 0.15) is 5.56 Å². The molecular formula is C14H18O6. The maximum Gasteiger partial charge on any atom is 0.330 e. The minimum atomic E-state index is -0.946. The molecule has 0 spiro atoms. The number of carbonyl (C=O) groups is 1. The van der Waals surface area contributed by atoms with Gasteiger partial charge in [0.2, 0.25) is 0 Å². The Hall–Kier alpha value is -2.05. The van der Waals surface area contributed by atoms with E-state index in [0.717, 1.165) is 5.56 Å². The van der Waals surface area contributed by atoms with Crippen LogP contribution in [-0.4, -0.2) is 49.7 Å². The Bertz CT molecular complexity index is 469. The van der Waals surface area contributed by atoms with Gasteiger partial charge in [-0.05, 0) is 23.8 Å². The lowest BCUT2D eigenvalue weighted by atomic mass is 10.2. The largest absolute Gasteiger partial charge is 0.493 e. The fraction of sp³-hybridized carbons (Fsp3) is 0.357. The second-order valence-corrected chi connectivity index (χ2v) is 3.91. The molecule has 0 aliphatic heterocycles. The van der Waals surface area contributed by atoms with Crippen LogP contribution in [0.2, 0.25) is 0 Å². The van der Waals surface area contributed by atoms with Crippen molar-refractivity contribution in [3.8, 4) is 11.5 Å². The van der Waals surface area contributed by atoms with E-state index in [2.05, 4.69) is 4.74 Å². The van der Waals surface area contributed by atoms with Gasteiger partial charge in [-0.25, -0.2) is 4.79 Å². The minimum absolute atomic E-state index is 0.0375. The molecule has 110 valence electrons. The third kappa shape index (κ3) is 4.91. The predicted molar refractivity (Wildman–Crippen MR) is 72.6 cm³/mol. The van der Waals surface area contributed by atoms with Crippen LogP contribution in [0.25, 0.3) is 6.08 Å². The summed E-state index contributed by atoms with van der Waals surface area (Å²) in [5.74, 6) is 0.452. The summed E-state index contributed by atoms with van der Waals surface area (Å²) in [5.41, 5.74) is 0.738. The number of benzene rings is 1. The average molecular weight is 282 g/mol. The zero-order valence-electron chi connectivity index (χ0n) is 11.4. The van der Waals surface area contributed by atoms with Gasteiger partial charge >= 0.3 is 5.97 Å². The Labute approximate surface area is 117 Å². The first-order valence-corrected chi connectivity index (χ1v) is 5.96. The van der Waals surface area contributed by atoms with Gasteiger partial charge in [-0.3, -0.25) is 0 Å². The molecule has 0 saturated carbocycles. The Morgan fingerprint density at radius 1 is 1.35 bits per heavy atom. The number of hydrogen-bond donors (Lipinski definition) is 2. The van der Waals surface area contributed by atoms with Gasteiger partial charge in [0.05, 0.1) is 20.8 Å². The van der Waals surface area contributed by atoms with Crippen molar-refractivity contribution in [1.29, 1.82) is 0 Å². The molecule has 1 unspecified atom stereocenters. The molecule has 1 aromatic rings. The van der Waals surface area contributed by atoms with Crippen LogP contribution in [0.15, 0.2) is 24.3 Å². The van der Waals surface area contributed by atoms with Gasteiger partial charge in [-0.2, -0.15) is 0 Å². The predicted octanol–water partition coefficient (Wildman–Crippen LogP) is 0.613. The second-order valence-electron chi connectivity index (χ2n) is 3.91. The van der Waals surface area contributed by atoms with Crippen LogP contribution in [0.3, 0.4) is 0 Å². The first-order chi connectivity index (χ1) is 9.60. The first kappa shape index (κ1) is 16.0. The van der Waals surface area contributed by atoms with Gasteiger partial charge in [0.25, 0.3) is 0 Å². The highest BCUT2D eigenvalue weighted by Crippen LogP contribution is 2.28. The lowest BCUT2D eigenvalue weighted by Crippen LogP contribution is -2.21. The number of aliphatic hydroxyl groups is 2. The quantitative estimate of drug-likeness (QED) is 0.563. The highest BCUT2D eigenvalue weighted by atomic mass is 16.5. The molecule has 0 amide bonds. The van der Waals surface area contributed by atoms with Crippen molar-refractivity contribution < 1.29 is 29.2 Å². The number of hydrogen-bond acceptors (Lipinski definition) is 6. The Morgan fingerprint density at radius 3 is 2.70 bits per heavy atom. The zero-order chi connectivity index (χ0) is 15.0. The maximum atomic E-state index is 11.0. The summed E-state index contributed by atoms with van der Waals surface area (Å²) in [6.45, 7) is -0.410. The van der Waals surface area contributed by atoms with Crippen LogP contribution in [0, 0.1) is 0 Å². The van der Waals surface area contributed by atoms with E-state index in [0.29, 0.717) is 11.5 Å². The molecule has 0 saturated heterocycles. The van der Waals surface area contributed by atoms with Crippen molar-refractivity contribution in [1.82, 2.24) is 0 Å². The Kier molecular flexibility index (Phi) is 6.55. The minimum Gasteiger partial charge on any atom is -0.493 e. The van der Waals surface area contributed by atoms with E-state index >= 15 is 0 Å². The smallest absolute Gasteiger partial charge is 0.330 e. The third-order valence-electron chi connectivity index (χ3n) is 2.44. The van der Waals surface area contributed by atoms with Gasteiger partial charge in [-0.1, -0.05) is 6.07 Å². The van der Waals surface area contributed by atoms with Crippen LogP contribution >= 0.6 is 0 Å². The van der Waals surface area contributed by atoms with Crippen molar-refractivity contribution in [3.05, 3.63) is 29.8 Å². The normalized spacial score (nSPS) is 12.2. The van der Waals surface area contributed by atoms with Gasteiger partial charge in [-0.15, -0.1) is 0 Å². The van der Waals surface area contributed by atoms with Crippen molar-refractivity contribution in [2.24, 2.45) is 0 Å². The van der Waals surface area contributed by atoms with Crippen molar-refractivity contribution >= 4 is 12.0 Å². The molecule has 6 nitrogen and oxygen atoms in total. The second kappa shape index (κ2) is 8.19. The molecule has 0 aliphatic carbocycles. The Balaban J connectivity index is 2.79. The molecule has 0 aromatic heterocycles. The summed E-state index contributed by atoms with van der Waals surface area (Å²) >= 11 is 0. The summed E-state index contributed by atoms with van der Waals surface area (Å²) in [6, 6.07) is 5.06. The topological polar surface area (TPSA) is 85.2 Å². The standard InChI is InChI=1S/C14H18O6/c1-18-13-7-10(4-6-14(17)19-2)3-5-12(13)20-9-11(16)8-15/h3-7,11,15-16H,8-9H2,1-2H3. The number of ether oxygens (including phenoxy) is 3. The zero-order valence-corrected chi connectivity index (χ0v) is 11.4. The number of rotatable bonds is 7. The van der Waals surface area contributed by atoms with Crippen molar-refractivity contribution in [3.63, 3.8) is 0 Å². The van der Waals surface area contributed by atoms with E-state index in [1.54, 1.807) is 24.3 Å². The summed E-state index contributed by atoms with van der Waals surface area (Å²) < 4.78 is 15.0. The van der Waals surface area contributed by atoms with Crippen LogP contribution in [0.4, 0.5) is 0 Å². The van der Waals surface area contributed by atoms with Crippen LogP contribution < -0.4 is 9.47 Å². The third-order valence-corrected chi connectivity index (χ3v) is 2.44. The molecule has 1 aromatic carbocycles. The summed E-state index contributed by atoms with van der Waals surface area (Å²) in [7, 11) is 2.79. The van der Waals surface area contributed by atoms with E-state index in [1.165, 1.54) is 20.3 Å². The number of carbonyl (C=O) groups excluding carboxylic acids is 1. The molecule has 0 heterocycles. The number of aliphatic hydroxyl groups excluding tert-OH is 2. The van der Waals surface area contributed by atoms with E-state index in [4.69, 9.17) is 14.6 Å². The van der Waals surface area contributed by atoms with E-state index < -0.39 is 12.1 Å². The maximum absolute atomic E-state index is 11.0. The van der Waals surface area contributed by atoms with E-state index in [1.807, 2.05) is 0 Å². The SMILES string of the molecule is COC(=O)C=Cc1ccc(OCC(O)CO)c(OC)c1. The fourth-order valence-corrected chi connectivity index (χ4v) is 1.38. The molecule has 2 N–H and O–H groups in total. The van der Waals surface area contributed by atoms with Crippen molar-refractivity contribution in [2.45, 2.75) is 6.10 Å². The molecule has 0 aliphatic rings. The highest BCUT2D eigenvalue weighted by molar-refractivity contribution is 5.87. The Morgan fingerprint density at radius 2 is 2.10 bits per heavy atom. The molecular weight excluding hydrogens is 264 g/mol. The lowest BCUT2D eigenvalue weighted by molar-refractivity contribution is -0.134. The monoisotopic (exact) mass is 282 g/mol. The number of methoxy groups -OCH3 is 2. The van der Waals surface area contributed by atoms with Gasteiger partial charge < -0.3 is 24.4 Å². The van der Waals surface area contributed by atoms with Crippen LogP contribution in [-0.2, 0) is 9.53 Å². The van der Waals surface area contributed by atoms with E-state index in [-0.39, 0.29) is 13.2 Å². The van der Waals surface area contributed by atoms with Crippen molar-refractivity contribution in [2.75, 3.05) is 27.4 Å². The fourth-order valence-electron chi connectivity index (χ4n) is 1.38. The van der Waals surface area contributed by atoms with Gasteiger partial charge in [0, 0.05) is 6.08 Å². The lowest BCUT2D eigenvalue weighted by Gasteiger charge is -2.13. The first-order valence-electron chi connectivity index (χ1n) is 5.96. The van der Waals surface area contributed by atoms with Crippen LogP contribution in [0.5, 0.6) is 11.5 Å². The van der Waals surface area contributed by atoms with E-state index in [9.17, 15) is 9.90 Å². The average Bonchev–Trinajstić information content (AvgIpc) is 2.50. The van der Waals surface area contributed by atoms with Gasteiger partial charge in [0.15, 0.2) is 11.5 Å². The molecule has 20 heavy (non-hydrogen) atoms. The summed E-state index contributed by atoms with van der Waals surface area (Å²) in [5, 5.41) is 17.9. The molecule has 1 atom stereocenters. The molecule has 1 rings (SSSR count). The molecule has 0 bridgehead atoms.